The second-order valence-corrected chi connectivity index (χ2v) is 4.52. The zero-order valence-electron chi connectivity index (χ0n) is 10.8. The average molecular weight is 266 g/mol. The van der Waals surface area contributed by atoms with Crippen LogP contribution in [0.15, 0.2) is 36.4 Å². The predicted molar refractivity (Wildman–Crippen MR) is 79.2 cm³/mol. The molecule has 0 aromatic heterocycles. The summed E-state index contributed by atoms with van der Waals surface area (Å²) in [7, 11) is 0. The minimum absolute atomic E-state index is 0. The van der Waals surface area contributed by atoms with Crippen LogP contribution in [0.1, 0.15) is 30.5 Å². The number of aryl methyl sites for hydroxylation is 1. The Labute approximate surface area is 114 Å². The first-order chi connectivity index (χ1) is 8.15. The maximum atomic E-state index is 9.88. The fourth-order valence-corrected chi connectivity index (χ4v) is 2.22. The van der Waals surface area contributed by atoms with Gasteiger partial charge in [-0.1, -0.05) is 43.3 Å². The van der Waals surface area contributed by atoms with E-state index in [2.05, 4.69) is 25.1 Å². The summed E-state index contributed by atoms with van der Waals surface area (Å²) in [6, 6.07) is 12.0. The van der Waals surface area contributed by atoms with E-state index in [9.17, 15) is 5.11 Å². The van der Waals surface area contributed by atoms with Gasteiger partial charge >= 0.3 is 0 Å². The fraction of sp³-hybridized carbons (Fsp3) is 0.333. The van der Waals surface area contributed by atoms with Crippen molar-refractivity contribution < 1.29 is 5.11 Å². The second kappa shape index (κ2) is 6.19. The normalized spacial score (nSPS) is 14.0. The maximum Gasteiger partial charge on any atom is 0.0730 e. The van der Waals surface area contributed by atoms with Crippen molar-refractivity contribution in [3.05, 3.63) is 47.5 Å². The van der Waals surface area contributed by atoms with Crippen molar-refractivity contribution in [2.45, 2.75) is 32.4 Å². The van der Waals surface area contributed by atoms with E-state index in [0.29, 0.717) is 6.42 Å². The number of aliphatic hydroxyl groups is 1. The topological polar surface area (TPSA) is 46.2 Å². The first kappa shape index (κ1) is 15.0. The molecule has 0 radical (unpaired) electrons. The van der Waals surface area contributed by atoms with E-state index in [1.165, 1.54) is 10.9 Å². The van der Waals surface area contributed by atoms with Crippen LogP contribution in [0.3, 0.4) is 0 Å². The molecule has 98 valence electrons. The molecule has 0 heterocycles. The van der Waals surface area contributed by atoms with Gasteiger partial charge < -0.3 is 10.8 Å². The van der Waals surface area contributed by atoms with Crippen molar-refractivity contribution in [1.29, 1.82) is 0 Å². The molecule has 0 saturated heterocycles. The smallest absolute Gasteiger partial charge is 0.0730 e. The first-order valence-electron chi connectivity index (χ1n) is 6.07. The summed E-state index contributed by atoms with van der Waals surface area (Å²) >= 11 is 0. The highest BCUT2D eigenvalue weighted by molar-refractivity contribution is 5.89. The van der Waals surface area contributed by atoms with Gasteiger partial charge in [0.25, 0.3) is 0 Å². The molecule has 2 aromatic rings. The van der Waals surface area contributed by atoms with E-state index in [0.717, 1.165) is 10.9 Å². The van der Waals surface area contributed by atoms with Crippen LogP contribution in [0.2, 0.25) is 0 Å². The quantitative estimate of drug-likeness (QED) is 0.894. The van der Waals surface area contributed by atoms with Crippen molar-refractivity contribution in [1.82, 2.24) is 0 Å². The molecule has 18 heavy (non-hydrogen) atoms. The van der Waals surface area contributed by atoms with E-state index in [1.807, 2.05) is 25.1 Å². The highest BCUT2D eigenvalue weighted by atomic mass is 35.5. The first-order valence-corrected chi connectivity index (χ1v) is 6.07. The summed E-state index contributed by atoms with van der Waals surface area (Å²) in [6.07, 6.45) is 0.185. The Balaban J connectivity index is 0.00000162. The van der Waals surface area contributed by atoms with Gasteiger partial charge in [-0.05, 0) is 35.2 Å². The lowest BCUT2D eigenvalue weighted by Crippen LogP contribution is -2.25. The Morgan fingerprint density at radius 1 is 1.11 bits per heavy atom. The zero-order valence-corrected chi connectivity index (χ0v) is 11.6. The van der Waals surface area contributed by atoms with Crippen LogP contribution in [-0.4, -0.2) is 11.2 Å². The zero-order chi connectivity index (χ0) is 12.4. The van der Waals surface area contributed by atoms with Crippen LogP contribution in [0.25, 0.3) is 10.8 Å². The number of benzene rings is 2. The van der Waals surface area contributed by atoms with Gasteiger partial charge in [0.2, 0.25) is 0 Å². The molecule has 0 aliphatic rings. The Morgan fingerprint density at radius 2 is 1.72 bits per heavy atom. The molecule has 0 saturated carbocycles. The molecule has 0 bridgehead atoms. The monoisotopic (exact) mass is 265 g/mol. The van der Waals surface area contributed by atoms with Crippen LogP contribution in [-0.2, 0) is 0 Å². The Morgan fingerprint density at radius 3 is 2.33 bits per heavy atom. The van der Waals surface area contributed by atoms with Gasteiger partial charge in [-0.15, -0.1) is 12.4 Å². The van der Waals surface area contributed by atoms with Crippen LogP contribution < -0.4 is 5.73 Å². The van der Waals surface area contributed by atoms with E-state index < -0.39 is 6.10 Å². The lowest BCUT2D eigenvalue weighted by molar-refractivity contribution is 0.141. The second-order valence-electron chi connectivity index (χ2n) is 4.52. The third kappa shape index (κ3) is 2.66. The molecule has 0 aliphatic carbocycles. The maximum absolute atomic E-state index is 9.88. The minimum atomic E-state index is -0.485. The van der Waals surface area contributed by atoms with Gasteiger partial charge in [-0.25, -0.2) is 0 Å². The standard InChI is InChI=1S/C15H19NO.ClH/c1-3-14(17)15(16)13-9-8-10(2)11-6-4-5-7-12(11)13;/h4-9,14-15,17H,3,16H2,1-2H3;1H/t14-,15+;/m1./s1. The van der Waals surface area contributed by atoms with E-state index in [4.69, 9.17) is 5.73 Å². The SMILES string of the molecule is CC[C@@H](O)[C@@H](N)c1ccc(C)c2ccccc12.Cl. The van der Waals surface area contributed by atoms with Gasteiger partial charge in [-0.2, -0.15) is 0 Å². The van der Waals surface area contributed by atoms with Crippen LogP contribution in [0, 0.1) is 6.92 Å². The van der Waals surface area contributed by atoms with Crippen molar-refractivity contribution in [3.8, 4) is 0 Å². The lowest BCUT2D eigenvalue weighted by Gasteiger charge is -2.20. The number of halogens is 1. The molecular weight excluding hydrogens is 246 g/mol. The molecule has 2 rings (SSSR count). The number of hydrogen-bond donors (Lipinski definition) is 2. The number of nitrogens with two attached hydrogens (primary N) is 1. The van der Waals surface area contributed by atoms with Crippen molar-refractivity contribution in [2.75, 3.05) is 0 Å². The average Bonchev–Trinajstić information content (AvgIpc) is 2.38. The fourth-order valence-electron chi connectivity index (χ4n) is 2.22. The summed E-state index contributed by atoms with van der Waals surface area (Å²) in [5.74, 6) is 0. The highest BCUT2D eigenvalue weighted by Gasteiger charge is 2.17. The van der Waals surface area contributed by atoms with Gasteiger partial charge in [0, 0.05) is 0 Å². The third-order valence-corrected chi connectivity index (χ3v) is 3.37. The molecular formula is C15H20ClNO. The molecule has 0 amide bonds. The molecule has 0 aliphatic heterocycles. The molecule has 3 heteroatoms. The molecule has 2 atom stereocenters. The van der Waals surface area contributed by atoms with Crippen LogP contribution in [0.5, 0.6) is 0 Å². The number of hydrogen-bond acceptors (Lipinski definition) is 2. The van der Waals surface area contributed by atoms with Gasteiger partial charge in [-0.3, -0.25) is 0 Å². The van der Waals surface area contributed by atoms with E-state index in [-0.39, 0.29) is 18.4 Å². The third-order valence-electron chi connectivity index (χ3n) is 3.37. The molecule has 2 nitrogen and oxygen atoms in total. The number of rotatable bonds is 3. The Hall–Kier alpha value is -1.09. The molecule has 2 aromatic carbocycles. The van der Waals surface area contributed by atoms with Gasteiger partial charge in [0.1, 0.15) is 0 Å². The van der Waals surface area contributed by atoms with Gasteiger partial charge in [0.05, 0.1) is 12.1 Å². The summed E-state index contributed by atoms with van der Waals surface area (Å²) in [4.78, 5) is 0. The number of fused-ring (bicyclic) bond motifs is 1. The summed E-state index contributed by atoms with van der Waals surface area (Å²) in [6.45, 7) is 4.04. The highest BCUT2D eigenvalue weighted by Crippen LogP contribution is 2.27. The summed E-state index contributed by atoms with van der Waals surface area (Å²) in [5.41, 5.74) is 8.38. The predicted octanol–water partition coefficient (Wildman–Crippen LogP) is 3.34. The van der Waals surface area contributed by atoms with Crippen molar-refractivity contribution in [3.63, 3.8) is 0 Å². The number of aliphatic hydroxyl groups excluding tert-OH is 1. The van der Waals surface area contributed by atoms with Gasteiger partial charge in [0.15, 0.2) is 0 Å². The van der Waals surface area contributed by atoms with Crippen molar-refractivity contribution in [2.24, 2.45) is 5.73 Å². The molecule has 0 unspecified atom stereocenters. The largest absolute Gasteiger partial charge is 0.391 e. The van der Waals surface area contributed by atoms with E-state index >= 15 is 0 Å². The van der Waals surface area contributed by atoms with E-state index in [1.54, 1.807) is 0 Å². The lowest BCUT2D eigenvalue weighted by atomic mass is 9.93. The molecule has 0 spiro atoms. The van der Waals surface area contributed by atoms with Crippen molar-refractivity contribution >= 4 is 23.2 Å². The Bertz CT molecular complexity index is 527. The molecule has 3 N–H and O–H groups in total. The summed E-state index contributed by atoms with van der Waals surface area (Å²) in [5, 5.41) is 12.2. The van der Waals surface area contributed by atoms with Crippen LogP contribution >= 0.6 is 12.4 Å². The Kier molecular flexibility index (Phi) is 5.15. The minimum Gasteiger partial charge on any atom is -0.391 e. The summed E-state index contributed by atoms with van der Waals surface area (Å²) < 4.78 is 0. The van der Waals surface area contributed by atoms with Crippen LogP contribution in [0.4, 0.5) is 0 Å². The molecule has 0 fully saturated rings.